The second-order valence-electron chi connectivity index (χ2n) is 3.96. The fourth-order valence-corrected chi connectivity index (χ4v) is 2.26. The molecule has 1 aromatic rings. The summed E-state index contributed by atoms with van der Waals surface area (Å²) < 4.78 is 12.0. The smallest absolute Gasteiger partial charge is 0.0919 e. The molecule has 0 aromatic heterocycles. The molecule has 0 radical (unpaired) electrons. The Hall–Kier alpha value is -0.130. The molecule has 2 atom stereocenters. The number of hydrogen-bond donors (Lipinski definition) is 0. The van der Waals surface area contributed by atoms with Crippen molar-refractivity contribution in [1.82, 2.24) is 0 Å². The molecule has 1 aromatic carbocycles. The Bertz CT molecular complexity index is 297. The molecule has 0 fully saturated rings. The summed E-state index contributed by atoms with van der Waals surface area (Å²) in [5, 5.41) is 0. The summed E-state index contributed by atoms with van der Waals surface area (Å²) in [6.45, 7) is 4.77. The van der Waals surface area contributed by atoms with Crippen molar-refractivity contribution >= 4 is 22.6 Å². The highest BCUT2D eigenvalue weighted by Gasteiger charge is 2.14. The first-order valence-corrected chi connectivity index (χ1v) is 6.97. The SMILES string of the molecule is COCC(C)OC(CI)c1ccc(C)cc1. The lowest BCUT2D eigenvalue weighted by Gasteiger charge is -2.20. The van der Waals surface area contributed by atoms with Crippen LogP contribution in [0, 0.1) is 6.92 Å². The molecular formula is C13H19IO2. The molecule has 1 rings (SSSR count). The zero-order valence-corrected chi connectivity index (χ0v) is 12.2. The van der Waals surface area contributed by atoms with E-state index in [1.54, 1.807) is 7.11 Å². The molecule has 90 valence electrons. The van der Waals surface area contributed by atoms with Crippen LogP contribution < -0.4 is 0 Å². The minimum atomic E-state index is 0.131. The highest BCUT2D eigenvalue weighted by Crippen LogP contribution is 2.22. The van der Waals surface area contributed by atoms with Gasteiger partial charge >= 0.3 is 0 Å². The standard InChI is InChI=1S/C13H19IO2/c1-10-4-6-12(7-5-10)13(8-14)16-11(2)9-15-3/h4-7,11,13H,8-9H2,1-3H3. The van der Waals surface area contributed by atoms with Crippen LogP contribution in [0.2, 0.25) is 0 Å². The van der Waals surface area contributed by atoms with E-state index in [-0.39, 0.29) is 12.2 Å². The van der Waals surface area contributed by atoms with Crippen LogP contribution in [0.4, 0.5) is 0 Å². The number of aryl methyl sites for hydroxylation is 1. The largest absolute Gasteiger partial charge is 0.382 e. The number of halogens is 1. The highest BCUT2D eigenvalue weighted by molar-refractivity contribution is 14.1. The molecule has 2 nitrogen and oxygen atoms in total. The topological polar surface area (TPSA) is 18.5 Å². The highest BCUT2D eigenvalue weighted by atomic mass is 127. The van der Waals surface area contributed by atoms with Crippen LogP contribution in [0.1, 0.15) is 24.2 Å². The number of alkyl halides is 1. The minimum Gasteiger partial charge on any atom is -0.382 e. The molecule has 0 amide bonds. The Labute approximate surface area is 111 Å². The quantitative estimate of drug-likeness (QED) is 0.585. The van der Waals surface area contributed by atoms with Gasteiger partial charge in [-0.1, -0.05) is 52.4 Å². The van der Waals surface area contributed by atoms with Gasteiger partial charge in [-0.15, -0.1) is 0 Å². The summed E-state index contributed by atoms with van der Waals surface area (Å²) in [4.78, 5) is 0. The third-order valence-corrected chi connectivity index (χ3v) is 3.19. The molecule has 0 aliphatic heterocycles. The van der Waals surface area contributed by atoms with Gasteiger partial charge in [-0.3, -0.25) is 0 Å². The van der Waals surface area contributed by atoms with Gasteiger partial charge in [0, 0.05) is 11.5 Å². The van der Waals surface area contributed by atoms with E-state index < -0.39 is 0 Å². The van der Waals surface area contributed by atoms with E-state index in [0.717, 1.165) is 4.43 Å². The fraction of sp³-hybridized carbons (Fsp3) is 0.538. The van der Waals surface area contributed by atoms with Crippen LogP contribution in [0.25, 0.3) is 0 Å². The molecule has 0 aliphatic carbocycles. The zero-order valence-electron chi connectivity index (χ0n) is 10.1. The van der Waals surface area contributed by atoms with Crippen molar-refractivity contribution in [2.45, 2.75) is 26.1 Å². The second kappa shape index (κ2) is 7.25. The summed E-state index contributed by atoms with van der Waals surface area (Å²) in [6, 6.07) is 8.52. The molecular weight excluding hydrogens is 315 g/mol. The lowest BCUT2D eigenvalue weighted by atomic mass is 10.1. The van der Waals surface area contributed by atoms with Crippen LogP contribution in [-0.4, -0.2) is 24.2 Å². The second-order valence-corrected chi connectivity index (χ2v) is 4.84. The van der Waals surface area contributed by atoms with Crippen molar-refractivity contribution < 1.29 is 9.47 Å². The summed E-state index contributed by atoms with van der Waals surface area (Å²) in [7, 11) is 1.70. The van der Waals surface area contributed by atoms with Gasteiger partial charge in [-0.05, 0) is 19.4 Å². The summed E-state index contributed by atoms with van der Waals surface area (Å²) in [6.07, 6.45) is 0.289. The van der Waals surface area contributed by atoms with Gasteiger partial charge < -0.3 is 9.47 Å². The number of methoxy groups -OCH3 is 1. The normalized spacial score (nSPS) is 14.8. The Morgan fingerprint density at radius 3 is 2.38 bits per heavy atom. The van der Waals surface area contributed by atoms with Gasteiger partial charge in [0.15, 0.2) is 0 Å². The first-order valence-electron chi connectivity index (χ1n) is 5.44. The van der Waals surface area contributed by atoms with E-state index in [1.807, 2.05) is 6.92 Å². The number of hydrogen-bond acceptors (Lipinski definition) is 2. The molecule has 0 heterocycles. The van der Waals surface area contributed by atoms with Crippen LogP contribution in [0.5, 0.6) is 0 Å². The first-order chi connectivity index (χ1) is 7.67. The molecule has 0 aliphatic rings. The Morgan fingerprint density at radius 1 is 1.25 bits per heavy atom. The van der Waals surface area contributed by atoms with Crippen molar-refractivity contribution in [3.8, 4) is 0 Å². The van der Waals surface area contributed by atoms with Crippen LogP contribution >= 0.6 is 22.6 Å². The van der Waals surface area contributed by atoms with Gasteiger partial charge in [-0.2, -0.15) is 0 Å². The predicted molar refractivity (Wildman–Crippen MR) is 75.2 cm³/mol. The van der Waals surface area contributed by atoms with E-state index in [2.05, 4.69) is 53.8 Å². The Morgan fingerprint density at radius 2 is 1.88 bits per heavy atom. The van der Waals surface area contributed by atoms with Crippen molar-refractivity contribution in [2.75, 3.05) is 18.1 Å². The lowest BCUT2D eigenvalue weighted by Crippen LogP contribution is -2.19. The number of rotatable bonds is 6. The average molecular weight is 334 g/mol. The van der Waals surface area contributed by atoms with E-state index in [4.69, 9.17) is 9.47 Å². The zero-order chi connectivity index (χ0) is 12.0. The molecule has 0 bridgehead atoms. The fourth-order valence-electron chi connectivity index (χ4n) is 1.54. The monoisotopic (exact) mass is 334 g/mol. The van der Waals surface area contributed by atoms with Crippen molar-refractivity contribution in [2.24, 2.45) is 0 Å². The van der Waals surface area contributed by atoms with E-state index in [1.165, 1.54) is 11.1 Å². The molecule has 16 heavy (non-hydrogen) atoms. The molecule has 2 unspecified atom stereocenters. The molecule has 0 saturated carbocycles. The third kappa shape index (κ3) is 4.39. The van der Waals surface area contributed by atoms with Crippen molar-refractivity contribution in [1.29, 1.82) is 0 Å². The maximum absolute atomic E-state index is 5.93. The Kier molecular flexibility index (Phi) is 6.31. The maximum atomic E-state index is 5.93. The summed E-state index contributed by atoms with van der Waals surface area (Å²) >= 11 is 2.36. The van der Waals surface area contributed by atoms with E-state index in [9.17, 15) is 0 Å². The third-order valence-electron chi connectivity index (χ3n) is 2.39. The summed E-state index contributed by atoms with van der Waals surface area (Å²) in [5.41, 5.74) is 2.52. The van der Waals surface area contributed by atoms with Crippen LogP contribution in [-0.2, 0) is 9.47 Å². The average Bonchev–Trinajstić information content (AvgIpc) is 2.27. The Balaban J connectivity index is 2.63. The van der Waals surface area contributed by atoms with Crippen LogP contribution in [0.15, 0.2) is 24.3 Å². The predicted octanol–water partition coefficient (Wildman–Crippen LogP) is 3.52. The van der Waals surface area contributed by atoms with Gasteiger partial charge in [-0.25, -0.2) is 0 Å². The van der Waals surface area contributed by atoms with Crippen molar-refractivity contribution in [3.63, 3.8) is 0 Å². The van der Waals surface area contributed by atoms with E-state index in [0.29, 0.717) is 6.61 Å². The summed E-state index contributed by atoms with van der Waals surface area (Å²) in [5.74, 6) is 0. The molecule has 0 saturated heterocycles. The molecule has 3 heteroatoms. The van der Waals surface area contributed by atoms with E-state index >= 15 is 0 Å². The van der Waals surface area contributed by atoms with Gasteiger partial charge in [0.25, 0.3) is 0 Å². The molecule has 0 spiro atoms. The van der Waals surface area contributed by atoms with Gasteiger partial charge in [0.1, 0.15) is 0 Å². The molecule has 0 N–H and O–H groups in total. The van der Waals surface area contributed by atoms with Crippen molar-refractivity contribution in [3.05, 3.63) is 35.4 Å². The van der Waals surface area contributed by atoms with Gasteiger partial charge in [0.05, 0.1) is 18.8 Å². The number of benzene rings is 1. The number of ether oxygens (including phenoxy) is 2. The minimum absolute atomic E-state index is 0.131. The first kappa shape index (κ1) is 13.9. The lowest BCUT2D eigenvalue weighted by molar-refractivity contribution is -0.0291. The van der Waals surface area contributed by atoms with Gasteiger partial charge in [0.2, 0.25) is 0 Å². The van der Waals surface area contributed by atoms with Crippen LogP contribution in [0.3, 0.4) is 0 Å². The maximum Gasteiger partial charge on any atom is 0.0919 e.